The predicted octanol–water partition coefficient (Wildman–Crippen LogP) is 4.80. The molecule has 18 heavy (non-hydrogen) atoms. The fourth-order valence-corrected chi connectivity index (χ4v) is 2.25. The number of halogens is 1. The maximum Gasteiger partial charge on any atom is 0.0175 e. The first-order valence-corrected chi connectivity index (χ1v) is 7.78. The van der Waals surface area contributed by atoms with Crippen molar-refractivity contribution in [1.29, 1.82) is 0 Å². The van der Waals surface area contributed by atoms with E-state index in [1.807, 2.05) is 0 Å². The Balaban J connectivity index is 2.29. The zero-order chi connectivity index (χ0) is 13.4. The molecule has 0 fully saturated rings. The van der Waals surface area contributed by atoms with E-state index in [1.54, 1.807) is 0 Å². The van der Waals surface area contributed by atoms with E-state index in [0.29, 0.717) is 5.41 Å². The van der Waals surface area contributed by atoms with Crippen LogP contribution in [0.1, 0.15) is 45.6 Å². The normalized spacial score (nSPS) is 11.8. The molecule has 1 aromatic carbocycles. The maximum absolute atomic E-state index is 3.49. The molecule has 0 heterocycles. The first-order chi connectivity index (χ1) is 8.53. The Hall–Kier alpha value is -0.340. The van der Waals surface area contributed by atoms with Crippen molar-refractivity contribution in [2.24, 2.45) is 5.41 Å². The van der Waals surface area contributed by atoms with E-state index in [2.05, 4.69) is 66.3 Å². The largest absolute Gasteiger partial charge is 0.317 e. The number of hydrogen-bond donors (Lipinski definition) is 1. The molecule has 0 aliphatic rings. The minimum Gasteiger partial charge on any atom is -0.317 e. The van der Waals surface area contributed by atoms with Crippen molar-refractivity contribution in [3.05, 3.63) is 34.3 Å². The van der Waals surface area contributed by atoms with Gasteiger partial charge in [-0.15, -0.1) is 0 Å². The molecule has 0 saturated carbocycles. The van der Waals surface area contributed by atoms with Crippen LogP contribution in [0.15, 0.2) is 28.7 Å². The van der Waals surface area contributed by atoms with Gasteiger partial charge in [0.2, 0.25) is 0 Å². The quantitative estimate of drug-likeness (QED) is 0.680. The van der Waals surface area contributed by atoms with Crippen LogP contribution < -0.4 is 5.32 Å². The van der Waals surface area contributed by atoms with Crippen molar-refractivity contribution >= 4 is 15.9 Å². The van der Waals surface area contributed by atoms with Crippen LogP contribution in [0.3, 0.4) is 0 Å². The summed E-state index contributed by atoms with van der Waals surface area (Å²) in [5.74, 6) is 0. The molecule has 0 unspecified atom stereocenters. The second kappa shape index (κ2) is 7.96. The van der Waals surface area contributed by atoms with Gasteiger partial charge in [0.15, 0.2) is 0 Å². The van der Waals surface area contributed by atoms with Crippen molar-refractivity contribution in [2.75, 3.05) is 13.1 Å². The van der Waals surface area contributed by atoms with Crippen LogP contribution in [0.2, 0.25) is 0 Å². The molecular weight excluding hydrogens is 286 g/mol. The van der Waals surface area contributed by atoms with E-state index in [1.165, 1.54) is 31.2 Å². The lowest BCUT2D eigenvalue weighted by molar-refractivity contribution is 0.302. The van der Waals surface area contributed by atoms with Crippen molar-refractivity contribution in [3.8, 4) is 0 Å². The lowest BCUT2D eigenvalue weighted by Crippen LogP contribution is -2.23. The standard InChI is InChI=1S/C16H26BrN/c1-4-12-18-13-11-16(2,3)10-9-14-5-7-15(17)8-6-14/h5-8,18H,4,9-13H2,1-3H3. The Morgan fingerprint density at radius 1 is 1.06 bits per heavy atom. The van der Waals surface area contributed by atoms with Crippen molar-refractivity contribution in [2.45, 2.75) is 46.5 Å². The van der Waals surface area contributed by atoms with Crippen LogP contribution in [-0.4, -0.2) is 13.1 Å². The van der Waals surface area contributed by atoms with Gasteiger partial charge in [-0.25, -0.2) is 0 Å². The average Bonchev–Trinajstić information content (AvgIpc) is 2.34. The molecule has 0 amide bonds. The van der Waals surface area contributed by atoms with E-state index in [0.717, 1.165) is 17.6 Å². The summed E-state index contributed by atoms with van der Waals surface area (Å²) in [5, 5.41) is 3.49. The third kappa shape index (κ3) is 6.55. The lowest BCUT2D eigenvalue weighted by atomic mass is 9.83. The second-order valence-corrected chi connectivity index (χ2v) is 6.71. The summed E-state index contributed by atoms with van der Waals surface area (Å²) in [4.78, 5) is 0. The van der Waals surface area contributed by atoms with Crippen molar-refractivity contribution < 1.29 is 0 Å². The summed E-state index contributed by atoms with van der Waals surface area (Å²) in [6, 6.07) is 8.70. The summed E-state index contributed by atoms with van der Waals surface area (Å²) in [7, 11) is 0. The first-order valence-electron chi connectivity index (χ1n) is 6.99. The molecule has 1 aromatic rings. The van der Waals surface area contributed by atoms with Gasteiger partial charge in [-0.1, -0.05) is 48.8 Å². The van der Waals surface area contributed by atoms with E-state index in [-0.39, 0.29) is 0 Å². The van der Waals surface area contributed by atoms with E-state index in [9.17, 15) is 0 Å². The predicted molar refractivity (Wildman–Crippen MR) is 84.0 cm³/mol. The van der Waals surface area contributed by atoms with E-state index >= 15 is 0 Å². The Bertz CT molecular complexity index is 329. The van der Waals surface area contributed by atoms with E-state index in [4.69, 9.17) is 0 Å². The van der Waals surface area contributed by atoms with Crippen LogP contribution in [0, 0.1) is 5.41 Å². The molecule has 102 valence electrons. The van der Waals surface area contributed by atoms with Gasteiger partial charge >= 0.3 is 0 Å². The van der Waals surface area contributed by atoms with Gasteiger partial charge in [-0.05, 0) is 61.9 Å². The number of rotatable bonds is 8. The van der Waals surface area contributed by atoms with Crippen LogP contribution in [0.5, 0.6) is 0 Å². The smallest absolute Gasteiger partial charge is 0.0175 e. The summed E-state index contributed by atoms with van der Waals surface area (Å²) >= 11 is 3.48. The molecular formula is C16H26BrN. The Morgan fingerprint density at radius 3 is 2.33 bits per heavy atom. The molecule has 1 nitrogen and oxygen atoms in total. The van der Waals surface area contributed by atoms with Gasteiger partial charge in [0.05, 0.1) is 0 Å². The zero-order valence-corrected chi connectivity index (χ0v) is 13.5. The average molecular weight is 312 g/mol. The molecule has 2 heteroatoms. The number of nitrogens with one attached hydrogen (secondary N) is 1. The topological polar surface area (TPSA) is 12.0 Å². The second-order valence-electron chi connectivity index (χ2n) is 5.79. The van der Waals surface area contributed by atoms with Gasteiger partial charge < -0.3 is 5.32 Å². The first kappa shape index (κ1) is 15.7. The third-order valence-electron chi connectivity index (χ3n) is 3.41. The highest BCUT2D eigenvalue weighted by Crippen LogP contribution is 2.26. The molecule has 0 saturated heterocycles. The highest BCUT2D eigenvalue weighted by Gasteiger charge is 2.16. The molecule has 0 spiro atoms. The Kier molecular flexibility index (Phi) is 6.95. The molecule has 0 aromatic heterocycles. The van der Waals surface area contributed by atoms with Crippen LogP contribution in [-0.2, 0) is 6.42 Å². The molecule has 1 N–H and O–H groups in total. The fourth-order valence-electron chi connectivity index (χ4n) is 1.99. The minimum atomic E-state index is 0.424. The van der Waals surface area contributed by atoms with Gasteiger partial charge in [-0.2, -0.15) is 0 Å². The minimum absolute atomic E-state index is 0.424. The SMILES string of the molecule is CCCNCCC(C)(C)CCc1ccc(Br)cc1. The van der Waals surface area contributed by atoms with Crippen LogP contribution in [0.25, 0.3) is 0 Å². The number of benzene rings is 1. The molecule has 0 radical (unpaired) electrons. The Labute approximate surface area is 120 Å². The van der Waals surface area contributed by atoms with Gasteiger partial charge in [0.1, 0.15) is 0 Å². The molecule has 0 aliphatic heterocycles. The van der Waals surface area contributed by atoms with Gasteiger partial charge in [-0.3, -0.25) is 0 Å². The van der Waals surface area contributed by atoms with Crippen molar-refractivity contribution in [1.82, 2.24) is 5.32 Å². The zero-order valence-electron chi connectivity index (χ0n) is 11.9. The summed E-state index contributed by atoms with van der Waals surface area (Å²) in [6.07, 6.45) is 4.90. The number of hydrogen-bond acceptors (Lipinski definition) is 1. The van der Waals surface area contributed by atoms with Crippen molar-refractivity contribution in [3.63, 3.8) is 0 Å². The van der Waals surface area contributed by atoms with Crippen LogP contribution in [0.4, 0.5) is 0 Å². The highest BCUT2D eigenvalue weighted by molar-refractivity contribution is 9.10. The summed E-state index contributed by atoms with van der Waals surface area (Å²) in [5.41, 5.74) is 1.86. The molecule has 1 rings (SSSR count). The van der Waals surface area contributed by atoms with Gasteiger partial charge in [0.25, 0.3) is 0 Å². The Morgan fingerprint density at radius 2 is 1.72 bits per heavy atom. The van der Waals surface area contributed by atoms with Gasteiger partial charge in [0, 0.05) is 4.47 Å². The maximum atomic E-state index is 3.49. The number of aryl methyl sites for hydroxylation is 1. The molecule has 0 bridgehead atoms. The lowest BCUT2D eigenvalue weighted by Gasteiger charge is -2.24. The fraction of sp³-hybridized carbons (Fsp3) is 0.625. The van der Waals surface area contributed by atoms with Crippen LogP contribution >= 0.6 is 15.9 Å². The summed E-state index contributed by atoms with van der Waals surface area (Å²) in [6.45, 7) is 9.24. The molecule has 0 atom stereocenters. The summed E-state index contributed by atoms with van der Waals surface area (Å²) < 4.78 is 1.16. The highest BCUT2D eigenvalue weighted by atomic mass is 79.9. The van der Waals surface area contributed by atoms with E-state index < -0.39 is 0 Å². The monoisotopic (exact) mass is 311 g/mol. The third-order valence-corrected chi connectivity index (χ3v) is 3.94. The molecule has 0 aliphatic carbocycles.